The van der Waals surface area contributed by atoms with E-state index >= 15 is 0 Å². The van der Waals surface area contributed by atoms with E-state index in [1.807, 2.05) is 18.7 Å². The van der Waals surface area contributed by atoms with Gasteiger partial charge < -0.3 is 15.3 Å². The predicted molar refractivity (Wildman–Crippen MR) is 75.9 cm³/mol. The number of carboxylic acids is 1. The molecule has 1 saturated heterocycles. The minimum Gasteiger partial charge on any atom is -0.478 e. The number of rotatable bonds is 2. The summed E-state index contributed by atoms with van der Waals surface area (Å²) < 4.78 is 0. The number of nitrogens with one attached hydrogen (secondary N) is 1. The summed E-state index contributed by atoms with van der Waals surface area (Å²) in [6.07, 6.45) is 0. The molecule has 1 aromatic carbocycles. The summed E-state index contributed by atoms with van der Waals surface area (Å²) in [4.78, 5) is 25.0. The lowest BCUT2D eigenvalue weighted by atomic mass is 10.2. The highest BCUT2D eigenvalue weighted by Gasteiger charge is 2.24. The number of benzene rings is 1. The Morgan fingerprint density at radius 1 is 1.42 bits per heavy atom. The van der Waals surface area contributed by atoms with E-state index in [-0.39, 0.29) is 17.6 Å². The fourth-order valence-corrected chi connectivity index (χ4v) is 3.01. The zero-order chi connectivity index (χ0) is 13.8. The lowest BCUT2D eigenvalue weighted by molar-refractivity contribution is 0.0698. The SMILES string of the molecule is CC1CSCCN1C(=O)Nc1ccccc1C(=O)O. The molecule has 1 unspecified atom stereocenters. The highest BCUT2D eigenvalue weighted by Crippen LogP contribution is 2.19. The van der Waals surface area contributed by atoms with Gasteiger partial charge in [0.1, 0.15) is 0 Å². The molecule has 1 aliphatic rings. The van der Waals surface area contributed by atoms with Gasteiger partial charge in [-0.25, -0.2) is 9.59 Å². The van der Waals surface area contributed by atoms with E-state index < -0.39 is 5.97 Å². The van der Waals surface area contributed by atoms with E-state index in [1.54, 1.807) is 23.1 Å². The third kappa shape index (κ3) is 3.20. The molecule has 2 amide bonds. The number of carbonyl (C=O) groups excluding carboxylic acids is 1. The Balaban J connectivity index is 2.12. The van der Waals surface area contributed by atoms with Gasteiger partial charge in [0.2, 0.25) is 0 Å². The minimum absolute atomic E-state index is 0.106. The van der Waals surface area contributed by atoms with Crippen LogP contribution in [-0.4, -0.2) is 46.1 Å². The second-order valence-electron chi connectivity index (χ2n) is 4.40. The fourth-order valence-electron chi connectivity index (χ4n) is 1.99. The molecule has 102 valence electrons. The van der Waals surface area contributed by atoms with Crippen molar-refractivity contribution in [2.24, 2.45) is 0 Å². The minimum atomic E-state index is -1.04. The molecule has 2 N–H and O–H groups in total. The van der Waals surface area contributed by atoms with Crippen molar-refractivity contribution >= 4 is 29.4 Å². The first-order valence-corrected chi connectivity index (χ1v) is 7.22. The van der Waals surface area contributed by atoms with Gasteiger partial charge in [-0.15, -0.1) is 0 Å². The number of hydrogen-bond donors (Lipinski definition) is 2. The van der Waals surface area contributed by atoms with E-state index in [0.29, 0.717) is 12.2 Å². The van der Waals surface area contributed by atoms with Gasteiger partial charge in [-0.2, -0.15) is 11.8 Å². The number of carboxylic acid groups (broad SMARTS) is 1. The molecule has 0 radical (unpaired) electrons. The Labute approximate surface area is 116 Å². The maximum absolute atomic E-state index is 12.2. The molecular weight excluding hydrogens is 264 g/mol. The summed E-state index contributed by atoms with van der Waals surface area (Å²) in [5.74, 6) is 0.782. The number of nitrogens with zero attached hydrogens (tertiary/aromatic N) is 1. The summed E-state index contributed by atoms with van der Waals surface area (Å²) in [6.45, 7) is 2.68. The second-order valence-corrected chi connectivity index (χ2v) is 5.55. The van der Waals surface area contributed by atoms with Crippen LogP contribution in [0.2, 0.25) is 0 Å². The highest BCUT2D eigenvalue weighted by atomic mass is 32.2. The van der Waals surface area contributed by atoms with E-state index in [9.17, 15) is 9.59 Å². The zero-order valence-corrected chi connectivity index (χ0v) is 11.4. The Kier molecular flexibility index (Phi) is 4.31. The standard InChI is InChI=1S/C13H16N2O3S/c1-9-8-19-7-6-15(9)13(18)14-11-5-3-2-4-10(11)12(16)17/h2-5,9H,6-8H2,1H3,(H,14,18)(H,16,17). The molecule has 5 nitrogen and oxygen atoms in total. The molecule has 6 heteroatoms. The summed E-state index contributed by atoms with van der Waals surface area (Å²) in [5.41, 5.74) is 0.445. The van der Waals surface area contributed by atoms with E-state index in [4.69, 9.17) is 5.11 Å². The van der Waals surface area contributed by atoms with Gasteiger partial charge in [0.15, 0.2) is 0 Å². The van der Waals surface area contributed by atoms with Crippen molar-refractivity contribution in [2.75, 3.05) is 23.4 Å². The van der Waals surface area contributed by atoms with Crippen LogP contribution in [0.1, 0.15) is 17.3 Å². The van der Waals surface area contributed by atoms with Gasteiger partial charge in [-0.1, -0.05) is 12.1 Å². The first-order valence-electron chi connectivity index (χ1n) is 6.07. The third-order valence-corrected chi connectivity index (χ3v) is 4.22. The zero-order valence-electron chi connectivity index (χ0n) is 10.6. The van der Waals surface area contributed by atoms with Crippen molar-refractivity contribution in [3.8, 4) is 0 Å². The highest BCUT2D eigenvalue weighted by molar-refractivity contribution is 7.99. The van der Waals surface area contributed by atoms with Crippen LogP contribution in [0.4, 0.5) is 10.5 Å². The first kappa shape index (κ1) is 13.7. The number of aromatic carboxylic acids is 1. The van der Waals surface area contributed by atoms with Crippen LogP contribution < -0.4 is 5.32 Å². The van der Waals surface area contributed by atoms with Crippen molar-refractivity contribution in [3.05, 3.63) is 29.8 Å². The van der Waals surface area contributed by atoms with E-state index in [1.165, 1.54) is 6.07 Å². The molecule has 1 fully saturated rings. The van der Waals surface area contributed by atoms with E-state index in [2.05, 4.69) is 5.32 Å². The van der Waals surface area contributed by atoms with Crippen molar-refractivity contribution in [1.82, 2.24) is 4.90 Å². The molecule has 0 aromatic heterocycles. The first-order chi connectivity index (χ1) is 9.09. The molecule has 0 bridgehead atoms. The Morgan fingerprint density at radius 3 is 2.84 bits per heavy atom. The molecule has 0 saturated carbocycles. The fraction of sp³-hybridized carbons (Fsp3) is 0.385. The van der Waals surface area contributed by atoms with Crippen molar-refractivity contribution in [2.45, 2.75) is 13.0 Å². The lowest BCUT2D eigenvalue weighted by Crippen LogP contribution is -2.46. The second kappa shape index (κ2) is 5.97. The molecule has 0 aliphatic carbocycles. The molecule has 2 rings (SSSR count). The average molecular weight is 280 g/mol. The summed E-state index contributed by atoms with van der Waals surface area (Å²) >= 11 is 1.82. The number of carbonyl (C=O) groups is 2. The van der Waals surface area contributed by atoms with Gasteiger partial charge in [0, 0.05) is 24.1 Å². The van der Waals surface area contributed by atoms with Crippen molar-refractivity contribution in [1.29, 1.82) is 0 Å². The van der Waals surface area contributed by atoms with Crippen LogP contribution in [-0.2, 0) is 0 Å². The summed E-state index contributed by atoms with van der Waals surface area (Å²) in [6, 6.07) is 6.35. The van der Waals surface area contributed by atoms with Crippen LogP contribution in [0.25, 0.3) is 0 Å². The number of urea groups is 1. The molecule has 1 atom stereocenters. The van der Waals surface area contributed by atoms with Crippen molar-refractivity contribution in [3.63, 3.8) is 0 Å². The van der Waals surface area contributed by atoms with Gasteiger partial charge in [-0.3, -0.25) is 0 Å². The normalized spacial score (nSPS) is 19.0. The molecule has 1 aliphatic heterocycles. The molecule has 0 spiro atoms. The van der Waals surface area contributed by atoms with Crippen LogP contribution in [0.5, 0.6) is 0 Å². The van der Waals surface area contributed by atoms with Crippen LogP contribution in [0.15, 0.2) is 24.3 Å². The predicted octanol–water partition coefficient (Wildman–Crippen LogP) is 2.35. The summed E-state index contributed by atoms with van der Waals surface area (Å²) in [7, 11) is 0. The van der Waals surface area contributed by atoms with Gasteiger partial charge in [0.25, 0.3) is 0 Å². The van der Waals surface area contributed by atoms with E-state index in [0.717, 1.165) is 11.5 Å². The van der Waals surface area contributed by atoms with Gasteiger partial charge in [0.05, 0.1) is 11.3 Å². The molecule has 1 heterocycles. The molecule has 1 aromatic rings. The van der Waals surface area contributed by atoms with Crippen LogP contribution in [0.3, 0.4) is 0 Å². The topological polar surface area (TPSA) is 69.6 Å². The maximum Gasteiger partial charge on any atom is 0.337 e. The van der Waals surface area contributed by atoms with Crippen LogP contribution in [0, 0.1) is 0 Å². The maximum atomic E-state index is 12.2. The largest absolute Gasteiger partial charge is 0.478 e. The molecular formula is C13H16N2O3S. The average Bonchev–Trinajstić information content (AvgIpc) is 2.39. The smallest absolute Gasteiger partial charge is 0.337 e. The number of amides is 2. The Bertz CT molecular complexity index is 493. The quantitative estimate of drug-likeness (QED) is 0.872. The number of thioether (sulfide) groups is 1. The Morgan fingerprint density at radius 2 is 2.16 bits per heavy atom. The summed E-state index contributed by atoms with van der Waals surface area (Å²) in [5, 5.41) is 11.8. The van der Waals surface area contributed by atoms with Crippen molar-refractivity contribution < 1.29 is 14.7 Å². The lowest BCUT2D eigenvalue weighted by Gasteiger charge is -2.33. The van der Waals surface area contributed by atoms with Crippen LogP contribution >= 0.6 is 11.8 Å². The third-order valence-electron chi connectivity index (χ3n) is 3.03. The number of hydrogen-bond acceptors (Lipinski definition) is 3. The number of para-hydroxylation sites is 1. The molecule has 19 heavy (non-hydrogen) atoms. The van der Waals surface area contributed by atoms with Gasteiger partial charge in [-0.05, 0) is 19.1 Å². The van der Waals surface area contributed by atoms with Gasteiger partial charge >= 0.3 is 12.0 Å². The number of anilines is 1. The monoisotopic (exact) mass is 280 g/mol. The Hall–Kier alpha value is -1.69.